The first-order valence-electron chi connectivity index (χ1n) is 8.72. The predicted octanol–water partition coefficient (Wildman–Crippen LogP) is 3.90. The zero-order valence-corrected chi connectivity index (χ0v) is 19.0. The fraction of sp³-hybridized carbons (Fsp3) is 0.333. The van der Waals surface area contributed by atoms with E-state index < -0.39 is 20.0 Å². The third-order valence-corrected chi connectivity index (χ3v) is 11.4. The summed E-state index contributed by atoms with van der Waals surface area (Å²) in [6.45, 7) is 3.93. The smallest absolute Gasteiger partial charge is 0.211 e. The minimum Gasteiger partial charge on any atom is -0.211 e. The molecule has 2 aromatic carbocycles. The van der Waals surface area contributed by atoms with E-state index in [0.717, 1.165) is 22.0 Å². The molecule has 6 nitrogen and oxygen atoms in total. The maximum absolute atomic E-state index is 12.7. The minimum atomic E-state index is -3.58. The van der Waals surface area contributed by atoms with E-state index in [2.05, 4.69) is 0 Å². The van der Waals surface area contributed by atoms with E-state index in [1.54, 1.807) is 62.4 Å². The Morgan fingerprint density at radius 1 is 0.643 bits per heavy atom. The molecular weight excluding hydrogens is 436 g/mol. The van der Waals surface area contributed by atoms with Crippen molar-refractivity contribution in [1.82, 2.24) is 7.42 Å². The van der Waals surface area contributed by atoms with Gasteiger partial charge in [-0.05, 0) is 11.1 Å². The molecule has 0 saturated heterocycles. The van der Waals surface area contributed by atoms with Crippen molar-refractivity contribution >= 4 is 42.0 Å². The first-order valence-corrected chi connectivity index (χ1v) is 14.0. The molecule has 2 aromatic rings. The zero-order chi connectivity index (χ0) is 20.6. The monoisotopic (exact) mass is 460 g/mol. The van der Waals surface area contributed by atoms with Crippen LogP contribution in [0.15, 0.2) is 60.7 Å². The van der Waals surface area contributed by atoms with Gasteiger partial charge in [0.2, 0.25) is 20.0 Å². The second kappa shape index (κ2) is 10.7. The molecule has 0 fully saturated rings. The average molecular weight is 461 g/mol. The SMILES string of the molecule is CCN(SSN(CC)S(=O)(=O)Cc1ccccc1)S(=O)(=O)Cc1ccccc1. The predicted molar refractivity (Wildman–Crippen MR) is 118 cm³/mol. The van der Waals surface area contributed by atoms with Crippen molar-refractivity contribution < 1.29 is 16.8 Å². The topological polar surface area (TPSA) is 74.8 Å². The fourth-order valence-corrected chi connectivity index (χ4v) is 9.34. The lowest BCUT2D eigenvalue weighted by atomic mass is 10.2. The maximum Gasteiger partial charge on any atom is 0.228 e. The molecule has 28 heavy (non-hydrogen) atoms. The standard InChI is InChI=1S/C18H24N2O4S4/c1-3-19(27(21,22)15-17-11-7-5-8-12-17)25-26-20(4-2)28(23,24)16-18-13-9-6-10-14-18/h5-14H,3-4,15-16H2,1-2H3. The molecule has 0 aliphatic carbocycles. The first-order chi connectivity index (χ1) is 13.3. The second-order valence-electron chi connectivity index (χ2n) is 5.87. The van der Waals surface area contributed by atoms with Crippen molar-refractivity contribution in [2.24, 2.45) is 0 Å². The van der Waals surface area contributed by atoms with E-state index in [4.69, 9.17) is 0 Å². The summed E-state index contributed by atoms with van der Waals surface area (Å²) in [6.07, 6.45) is 0. The van der Waals surface area contributed by atoms with Gasteiger partial charge in [-0.1, -0.05) is 74.5 Å². The van der Waals surface area contributed by atoms with Crippen molar-refractivity contribution in [2.45, 2.75) is 25.4 Å². The number of benzene rings is 2. The summed E-state index contributed by atoms with van der Waals surface area (Å²) in [4.78, 5) is 0. The second-order valence-corrected chi connectivity index (χ2v) is 12.2. The van der Waals surface area contributed by atoms with Crippen molar-refractivity contribution in [1.29, 1.82) is 0 Å². The zero-order valence-electron chi connectivity index (χ0n) is 15.8. The number of nitrogens with zero attached hydrogens (tertiary/aromatic N) is 2. The molecule has 10 heteroatoms. The van der Waals surface area contributed by atoms with E-state index in [1.165, 1.54) is 7.42 Å². The first kappa shape index (κ1) is 23.2. The van der Waals surface area contributed by atoms with Crippen LogP contribution < -0.4 is 0 Å². The van der Waals surface area contributed by atoms with Gasteiger partial charge in [0.15, 0.2) is 0 Å². The van der Waals surface area contributed by atoms with E-state index in [9.17, 15) is 16.8 Å². The van der Waals surface area contributed by atoms with Crippen LogP contribution in [-0.4, -0.2) is 37.3 Å². The normalized spacial score (nSPS) is 12.6. The summed E-state index contributed by atoms with van der Waals surface area (Å²) in [5.41, 5.74) is 1.38. The van der Waals surface area contributed by atoms with Gasteiger partial charge in [-0.2, -0.15) is 0 Å². The number of sulfonamides is 2. The highest BCUT2D eigenvalue weighted by molar-refractivity contribution is 8.76. The summed E-state index contributed by atoms with van der Waals surface area (Å²) in [6, 6.07) is 17.8. The molecule has 0 aromatic heterocycles. The third kappa shape index (κ3) is 6.78. The summed E-state index contributed by atoms with van der Waals surface area (Å²) < 4.78 is 53.2. The van der Waals surface area contributed by atoms with Crippen molar-refractivity contribution in [3.05, 3.63) is 71.8 Å². The Bertz CT molecular complexity index is 857. The summed E-state index contributed by atoms with van der Waals surface area (Å²) in [7, 11) is -5.31. The molecule has 0 N–H and O–H groups in total. The lowest BCUT2D eigenvalue weighted by Crippen LogP contribution is -2.28. The van der Waals surface area contributed by atoms with Crippen LogP contribution in [0.1, 0.15) is 25.0 Å². The summed E-state index contributed by atoms with van der Waals surface area (Å²) >= 11 is 0. The van der Waals surface area contributed by atoms with Crippen LogP contribution >= 0.6 is 22.0 Å². The van der Waals surface area contributed by atoms with E-state index in [1.807, 2.05) is 12.1 Å². The van der Waals surface area contributed by atoms with Gasteiger partial charge in [-0.15, -0.1) is 7.42 Å². The van der Waals surface area contributed by atoms with E-state index >= 15 is 0 Å². The van der Waals surface area contributed by atoms with Gasteiger partial charge in [0, 0.05) is 35.0 Å². The molecule has 154 valence electrons. The fourth-order valence-electron chi connectivity index (χ4n) is 2.38. The van der Waals surface area contributed by atoms with Gasteiger partial charge in [0.1, 0.15) is 0 Å². The van der Waals surface area contributed by atoms with Crippen LogP contribution in [0.2, 0.25) is 0 Å². The van der Waals surface area contributed by atoms with Crippen molar-refractivity contribution in [3.63, 3.8) is 0 Å². The highest BCUT2D eigenvalue weighted by Gasteiger charge is 2.27. The Hall–Kier alpha value is -1.04. The quantitative estimate of drug-likeness (QED) is 0.374. The van der Waals surface area contributed by atoms with Crippen LogP contribution in [-0.2, 0) is 31.6 Å². The lowest BCUT2D eigenvalue weighted by molar-refractivity contribution is 0.545. The molecule has 0 aliphatic rings. The van der Waals surface area contributed by atoms with Crippen LogP contribution in [0.25, 0.3) is 0 Å². The largest absolute Gasteiger partial charge is 0.228 e. The Kier molecular flexibility index (Phi) is 8.84. The van der Waals surface area contributed by atoms with E-state index in [0.29, 0.717) is 11.1 Å². The number of hydrogen-bond acceptors (Lipinski definition) is 6. The number of hydrogen-bond donors (Lipinski definition) is 0. The van der Waals surface area contributed by atoms with Gasteiger partial charge in [0.25, 0.3) is 0 Å². The van der Waals surface area contributed by atoms with Gasteiger partial charge in [0.05, 0.1) is 11.5 Å². The molecule has 0 bridgehead atoms. The molecule has 2 rings (SSSR count). The Morgan fingerprint density at radius 2 is 0.964 bits per heavy atom. The molecule has 0 heterocycles. The molecule has 0 atom stereocenters. The Morgan fingerprint density at radius 3 is 1.25 bits per heavy atom. The van der Waals surface area contributed by atoms with E-state index in [-0.39, 0.29) is 24.6 Å². The molecule has 0 amide bonds. The summed E-state index contributed by atoms with van der Waals surface area (Å²) in [5.74, 6) is -0.254. The van der Waals surface area contributed by atoms with Gasteiger partial charge < -0.3 is 0 Å². The van der Waals surface area contributed by atoms with Crippen LogP contribution in [0.4, 0.5) is 0 Å². The number of rotatable bonds is 11. The molecule has 0 unspecified atom stereocenters. The minimum absolute atomic E-state index is 0.127. The summed E-state index contributed by atoms with van der Waals surface area (Å²) in [5, 5.41) is 0. The maximum atomic E-state index is 12.7. The highest BCUT2D eigenvalue weighted by Crippen LogP contribution is 2.35. The molecule has 0 radical (unpaired) electrons. The highest BCUT2D eigenvalue weighted by atomic mass is 33.1. The Labute approximate surface area is 176 Å². The van der Waals surface area contributed by atoms with Crippen LogP contribution in [0, 0.1) is 0 Å². The van der Waals surface area contributed by atoms with Crippen molar-refractivity contribution in [2.75, 3.05) is 13.1 Å². The van der Waals surface area contributed by atoms with Gasteiger partial charge in [-0.3, -0.25) is 0 Å². The molecular formula is C18H24N2O4S4. The molecule has 0 saturated carbocycles. The van der Waals surface area contributed by atoms with Crippen LogP contribution in [0.5, 0.6) is 0 Å². The van der Waals surface area contributed by atoms with Gasteiger partial charge in [-0.25, -0.2) is 16.8 Å². The van der Waals surface area contributed by atoms with Crippen LogP contribution in [0.3, 0.4) is 0 Å². The third-order valence-electron chi connectivity index (χ3n) is 3.72. The Balaban J connectivity index is 2.05. The van der Waals surface area contributed by atoms with Gasteiger partial charge >= 0.3 is 0 Å². The lowest BCUT2D eigenvalue weighted by Gasteiger charge is -2.23. The average Bonchev–Trinajstić information content (AvgIpc) is 2.65. The van der Waals surface area contributed by atoms with Crippen molar-refractivity contribution in [3.8, 4) is 0 Å². The molecule has 0 aliphatic heterocycles. The molecule has 0 spiro atoms.